The van der Waals surface area contributed by atoms with E-state index in [1.165, 1.54) is 18.9 Å². The first-order valence-corrected chi connectivity index (χ1v) is 7.69. The minimum Gasteiger partial charge on any atom is -0.325 e. The van der Waals surface area contributed by atoms with Crippen LogP contribution in [0.1, 0.15) is 31.7 Å². The van der Waals surface area contributed by atoms with Crippen LogP contribution in [-0.4, -0.2) is 19.7 Å². The van der Waals surface area contributed by atoms with Gasteiger partial charge in [-0.1, -0.05) is 12.8 Å². The van der Waals surface area contributed by atoms with Gasteiger partial charge in [0.05, 0.1) is 23.1 Å². The van der Waals surface area contributed by atoms with Crippen LogP contribution in [0, 0.1) is 5.82 Å². The lowest BCUT2D eigenvalue weighted by molar-refractivity contribution is 0.478. The molecule has 23 heavy (non-hydrogen) atoms. The maximum Gasteiger partial charge on any atom is 0.273 e. The van der Waals surface area contributed by atoms with Gasteiger partial charge >= 0.3 is 0 Å². The molecule has 0 radical (unpaired) electrons. The quantitative estimate of drug-likeness (QED) is 0.779. The number of pyridine rings is 2. The van der Waals surface area contributed by atoms with Crippen LogP contribution < -0.4 is 10.9 Å². The molecular weight excluding hydrogens is 297 g/mol. The topological polar surface area (TPSA) is 75.6 Å². The van der Waals surface area contributed by atoms with Crippen LogP contribution in [0.15, 0.2) is 35.4 Å². The fourth-order valence-electron chi connectivity index (χ4n) is 3.15. The smallest absolute Gasteiger partial charge is 0.273 e. The molecule has 118 valence electrons. The van der Waals surface area contributed by atoms with Crippen molar-refractivity contribution < 1.29 is 4.39 Å². The van der Waals surface area contributed by atoms with Crippen LogP contribution >= 0.6 is 0 Å². The molecule has 1 saturated carbocycles. The van der Waals surface area contributed by atoms with Crippen molar-refractivity contribution in [3.63, 3.8) is 0 Å². The monoisotopic (exact) mass is 313 g/mol. The molecule has 0 bridgehead atoms. The standard InChI is InChI=1S/C16H16FN5O/c17-10-5-6-14(18-8-10)20-15-7-13-12(9-19-15)16(23)21-22(13)11-3-1-2-4-11/h5-9,11H,1-4H2,(H,21,23)(H,18,19,20). The number of hydrogen-bond acceptors (Lipinski definition) is 4. The second-order valence-corrected chi connectivity index (χ2v) is 5.82. The third kappa shape index (κ3) is 2.58. The van der Waals surface area contributed by atoms with E-state index in [-0.39, 0.29) is 11.4 Å². The Morgan fingerprint density at radius 2 is 1.96 bits per heavy atom. The molecular formula is C16H16FN5O. The van der Waals surface area contributed by atoms with E-state index >= 15 is 0 Å². The molecule has 1 aliphatic carbocycles. The van der Waals surface area contributed by atoms with Crippen LogP contribution in [0.5, 0.6) is 0 Å². The van der Waals surface area contributed by atoms with E-state index < -0.39 is 0 Å². The average Bonchev–Trinajstić information content (AvgIpc) is 3.18. The van der Waals surface area contributed by atoms with Crippen LogP contribution in [0.4, 0.5) is 16.0 Å². The van der Waals surface area contributed by atoms with Crippen molar-refractivity contribution in [3.8, 4) is 0 Å². The lowest BCUT2D eigenvalue weighted by Gasteiger charge is -2.12. The molecule has 0 spiro atoms. The summed E-state index contributed by atoms with van der Waals surface area (Å²) >= 11 is 0. The van der Waals surface area contributed by atoms with Gasteiger partial charge in [-0.15, -0.1) is 0 Å². The van der Waals surface area contributed by atoms with Crippen molar-refractivity contribution in [2.24, 2.45) is 0 Å². The maximum atomic E-state index is 12.9. The third-order valence-electron chi connectivity index (χ3n) is 4.28. The first-order chi connectivity index (χ1) is 11.2. The summed E-state index contributed by atoms with van der Waals surface area (Å²) in [7, 11) is 0. The van der Waals surface area contributed by atoms with E-state index in [4.69, 9.17) is 0 Å². The van der Waals surface area contributed by atoms with E-state index in [9.17, 15) is 9.18 Å². The fraction of sp³-hybridized carbons (Fsp3) is 0.312. The Hall–Kier alpha value is -2.70. The number of nitrogens with one attached hydrogen (secondary N) is 2. The highest BCUT2D eigenvalue weighted by Crippen LogP contribution is 2.31. The molecule has 3 aromatic heterocycles. The molecule has 4 rings (SSSR count). The molecule has 1 fully saturated rings. The van der Waals surface area contributed by atoms with Crippen LogP contribution in [0.2, 0.25) is 0 Å². The molecule has 2 N–H and O–H groups in total. The number of aromatic nitrogens is 4. The van der Waals surface area contributed by atoms with Crippen molar-refractivity contribution in [1.29, 1.82) is 0 Å². The number of aromatic amines is 1. The van der Waals surface area contributed by atoms with Gasteiger partial charge in [0, 0.05) is 12.3 Å². The van der Waals surface area contributed by atoms with Gasteiger partial charge in [0.1, 0.15) is 17.5 Å². The predicted octanol–water partition coefficient (Wildman–Crippen LogP) is 3.12. The molecule has 1 aliphatic rings. The normalized spacial score (nSPS) is 15.3. The second kappa shape index (κ2) is 5.49. The van der Waals surface area contributed by atoms with Gasteiger partial charge in [0.2, 0.25) is 0 Å². The van der Waals surface area contributed by atoms with Crippen molar-refractivity contribution in [2.75, 3.05) is 5.32 Å². The number of fused-ring (bicyclic) bond motifs is 1. The molecule has 0 aromatic carbocycles. The molecule has 0 unspecified atom stereocenters. The zero-order valence-electron chi connectivity index (χ0n) is 12.4. The van der Waals surface area contributed by atoms with Crippen molar-refractivity contribution in [2.45, 2.75) is 31.7 Å². The van der Waals surface area contributed by atoms with Gasteiger partial charge in [0.15, 0.2) is 0 Å². The van der Waals surface area contributed by atoms with Crippen molar-refractivity contribution in [3.05, 3.63) is 46.8 Å². The first kappa shape index (κ1) is 13.9. The van der Waals surface area contributed by atoms with Crippen LogP contribution in [0.25, 0.3) is 10.9 Å². The highest BCUT2D eigenvalue weighted by atomic mass is 19.1. The molecule has 0 amide bonds. The van der Waals surface area contributed by atoms with Gasteiger partial charge in [-0.2, -0.15) is 0 Å². The largest absolute Gasteiger partial charge is 0.325 e. The number of anilines is 2. The predicted molar refractivity (Wildman–Crippen MR) is 85.3 cm³/mol. The average molecular weight is 313 g/mol. The Bertz CT molecular complexity index is 893. The fourth-order valence-corrected chi connectivity index (χ4v) is 3.15. The van der Waals surface area contributed by atoms with E-state index in [1.54, 1.807) is 12.3 Å². The Kier molecular flexibility index (Phi) is 3.33. The number of hydrogen-bond donors (Lipinski definition) is 2. The molecule has 0 aliphatic heterocycles. The summed E-state index contributed by atoms with van der Waals surface area (Å²) in [6, 6.07) is 5.04. The lowest BCUT2D eigenvalue weighted by Crippen LogP contribution is -2.10. The van der Waals surface area contributed by atoms with Crippen molar-refractivity contribution in [1.82, 2.24) is 19.7 Å². The number of nitrogens with zero attached hydrogens (tertiary/aromatic N) is 3. The molecule has 0 atom stereocenters. The lowest BCUT2D eigenvalue weighted by atomic mass is 10.2. The van der Waals surface area contributed by atoms with E-state index in [1.807, 2.05) is 10.7 Å². The Balaban J connectivity index is 1.72. The zero-order chi connectivity index (χ0) is 15.8. The van der Waals surface area contributed by atoms with Gasteiger partial charge in [0.25, 0.3) is 5.56 Å². The SMILES string of the molecule is O=c1[nH]n(C2CCCC2)c2cc(Nc3ccc(F)cn3)ncc12. The summed E-state index contributed by atoms with van der Waals surface area (Å²) in [5.41, 5.74) is 0.715. The Morgan fingerprint density at radius 3 is 2.70 bits per heavy atom. The Morgan fingerprint density at radius 1 is 1.17 bits per heavy atom. The molecule has 7 heteroatoms. The molecule has 3 heterocycles. The van der Waals surface area contributed by atoms with Crippen LogP contribution in [-0.2, 0) is 0 Å². The number of rotatable bonds is 3. The summed E-state index contributed by atoms with van der Waals surface area (Å²) in [4.78, 5) is 20.3. The summed E-state index contributed by atoms with van der Waals surface area (Å²) < 4.78 is 14.9. The second-order valence-electron chi connectivity index (χ2n) is 5.82. The van der Waals surface area contributed by atoms with E-state index in [0.717, 1.165) is 24.6 Å². The highest BCUT2D eigenvalue weighted by Gasteiger charge is 2.20. The minimum atomic E-state index is -0.389. The highest BCUT2D eigenvalue weighted by molar-refractivity contribution is 5.80. The van der Waals surface area contributed by atoms with E-state index in [0.29, 0.717) is 23.1 Å². The van der Waals surface area contributed by atoms with Crippen LogP contribution in [0.3, 0.4) is 0 Å². The molecule has 0 saturated heterocycles. The number of H-pyrrole nitrogens is 1. The number of halogens is 1. The third-order valence-corrected chi connectivity index (χ3v) is 4.28. The van der Waals surface area contributed by atoms with E-state index in [2.05, 4.69) is 20.4 Å². The van der Waals surface area contributed by atoms with Gasteiger partial charge in [-0.25, -0.2) is 14.4 Å². The summed E-state index contributed by atoms with van der Waals surface area (Å²) in [5, 5.41) is 6.53. The van der Waals surface area contributed by atoms with Gasteiger partial charge in [-0.3, -0.25) is 14.6 Å². The summed E-state index contributed by atoms with van der Waals surface area (Å²) in [6.45, 7) is 0. The summed E-state index contributed by atoms with van der Waals surface area (Å²) in [5.74, 6) is 0.686. The molecule has 6 nitrogen and oxygen atoms in total. The summed E-state index contributed by atoms with van der Waals surface area (Å²) in [6.07, 6.45) is 7.22. The maximum absolute atomic E-state index is 12.9. The van der Waals surface area contributed by atoms with Gasteiger partial charge in [-0.05, 0) is 25.0 Å². The van der Waals surface area contributed by atoms with Crippen molar-refractivity contribution >= 4 is 22.5 Å². The minimum absolute atomic E-state index is 0.120. The Labute approximate surface area is 131 Å². The first-order valence-electron chi connectivity index (χ1n) is 7.69. The molecule has 3 aromatic rings. The van der Waals surface area contributed by atoms with Gasteiger partial charge < -0.3 is 5.32 Å². The zero-order valence-corrected chi connectivity index (χ0v) is 12.4.